The molecule has 2 heterocycles. The fraction of sp³-hybridized carbons (Fsp3) is 0.320. The molecule has 4 nitrogen and oxygen atoms in total. The topological polar surface area (TPSA) is 48.4 Å². The molecule has 2 aromatic carbocycles. The van der Waals surface area contributed by atoms with Gasteiger partial charge in [0.15, 0.2) is 0 Å². The molecule has 0 aliphatic rings. The van der Waals surface area contributed by atoms with Crippen molar-refractivity contribution in [2.24, 2.45) is 0 Å². The van der Waals surface area contributed by atoms with E-state index in [1.807, 2.05) is 43.3 Å². The van der Waals surface area contributed by atoms with Crippen LogP contribution in [0.15, 0.2) is 63.4 Å². The molecule has 0 spiro atoms. The molecule has 1 atom stereocenters. The minimum Gasteiger partial charge on any atom is -0.461 e. The Morgan fingerprint density at radius 3 is 2.66 bits per heavy atom. The Hall–Kier alpha value is -2.85. The molecule has 4 heteroatoms. The molecule has 4 rings (SSSR count). The lowest BCUT2D eigenvalue weighted by Crippen LogP contribution is -2.12. The highest BCUT2D eigenvalue weighted by Crippen LogP contribution is 2.26. The molecule has 29 heavy (non-hydrogen) atoms. The second kappa shape index (κ2) is 8.66. The molecular weight excluding hydrogens is 362 g/mol. The quantitative estimate of drug-likeness (QED) is 0.352. The Morgan fingerprint density at radius 2 is 1.86 bits per heavy atom. The van der Waals surface area contributed by atoms with Crippen LogP contribution in [0.3, 0.4) is 0 Å². The third-order valence-electron chi connectivity index (χ3n) is 5.02. The van der Waals surface area contributed by atoms with Crippen molar-refractivity contribution in [3.63, 3.8) is 0 Å². The lowest BCUT2D eigenvalue weighted by molar-refractivity contribution is 0.0669. The van der Waals surface area contributed by atoms with Gasteiger partial charge in [0.1, 0.15) is 17.1 Å². The van der Waals surface area contributed by atoms with Gasteiger partial charge >= 0.3 is 0 Å². The average molecular weight is 389 g/mol. The first kappa shape index (κ1) is 19.5. The van der Waals surface area contributed by atoms with Gasteiger partial charge in [0, 0.05) is 17.6 Å². The van der Waals surface area contributed by atoms with Gasteiger partial charge in [0.25, 0.3) is 0 Å². The van der Waals surface area contributed by atoms with Crippen molar-refractivity contribution in [3.05, 3.63) is 77.4 Å². The van der Waals surface area contributed by atoms with Crippen molar-refractivity contribution in [1.29, 1.82) is 0 Å². The van der Waals surface area contributed by atoms with Crippen LogP contribution in [0, 0.1) is 6.92 Å². The number of aryl methyl sites for hydroxylation is 1. The number of hydrogen-bond acceptors (Lipinski definition) is 4. The molecule has 0 N–H and O–H groups in total. The molecule has 0 bridgehead atoms. The molecule has 0 fully saturated rings. The summed E-state index contributed by atoms with van der Waals surface area (Å²) in [6.07, 6.45) is 2.77. The molecule has 0 radical (unpaired) electrons. The van der Waals surface area contributed by atoms with Crippen LogP contribution in [0.1, 0.15) is 43.0 Å². The van der Waals surface area contributed by atoms with Crippen molar-refractivity contribution in [1.82, 2.24) is 4.98 Å². The van der Waals surface area contributed by atoms with Crippen molar-refractivity contribution in [2.75, 3.05) is 6.61 Å². The monoisotopic (exact) mass is 389 g/mol. The van der Waals surface area contributed by atoms with Crippen LogP contribution in [0.25, 0.3) is 22.4 Å². The van der Waals surface area contributed by atoms with Gasteiger partial charge in [-0.2, -0.15) is 0 Å². The first-order valence-electron chi connectivity index (χ1n) is 10.3. The molecule has 0 aliphatic carbocycles. The van der Waals surface area contributed by atoms with E-state index in [2.05, 4.69) is 37.0 Å². The summed E-state index contributed by atoms with van der Waals surface area (Å²) in [6, 6.07) is 18.4. The van der Waals surface area contributed by atoms with Crippen LogP contribution in [-0.2, 0) is 17.6 Å². The number of fused-ring (bicyclic) bond motifs is 1. The van der Waals surface area contributed by atoms with E-state index in [0.29, 0.717) is 12.3 Å². The third kappa shape index (κ3) is 4.60. The van der Waals surface area contributed by atoms with Crippen molar-refractivity contribution in [2.45, 2.75) is 46.1 Å². The molecule has 4 aromatic rings. The van der Waals surface area contributed by atoms with E-state index in [4.69, 9.17) is 13.6 Å². The largest absolute Gasteiger partial charge is 0.461 e. The predicted octanol–water partition coefficient (Wildman–Crippen LogP) is 6.34. The minimum absolute atomic E-state index is 0.216. The van der Waals surface area contributed by atoms with E-state index in [1.165, 1.54) is 5.56 Å². The Morgan fingerprint density at radius 1 is 1.03 bits per heavy atom. The predicted molar refractivity (Wildman–Crippen MR) is 115 cm³/mol. The van der Waals surface area contributed by atoms with Crippen LogP contribution in [0.5, 0.6) is 0 Å². The van der Waals surface area contributed by atoms with Gasteiger partial charge in [-0.05, 0) is 62.6 Å². The summed E-state index contributed by atoms with van der Waals surface area (Å²) in [5, 5.41) is 1.12. The highest BCUT2D eigenvalue weighted by molar-refractivity contribution is 5.78. The lowest BCUT2D eigenvalue weighted by Gasteiger charge is -2.12. The van der Waals surface area contributed by atoms with E-state index in [1.54, 1.807) is 0 Å². The molecule has 150 valence electrons. The van der Waals surface area contributed by atoms with E-state index in [0.717, 1.165) is 53.2 Å². The zero-order valence-electron chi connectivity index (χ0n) is 17.3. The minimum atomic E-state index is 0.216. The van der Waals surface area contributed by atoms with Crippen LogP contribution in [-0.4, -0.2) is 17.7 Å². The maximum atomic E-state index is 6.05. The van der Waals surface area contributed by atoms with E-state index in [-0.39, 0.29) is 6.10 Å². The Kier molecular flexibility index (Phi) is 5.81. The van der Waals surface area contributed by atoms with E-state index >= 15 is 0 Å². The standard InChI is InChI=1S/C25H27NO3/c1-4-12-27-17(2)13-19-10-11-24-21(14-19)15-22(29-24)16-23-18(3)28-25(26-23)20-8-6-5-7-9-20/h5-11,14-15,17H,4,12-13,16H2,1-3H3. The Bertz CT molecular complexity index is 1080. The zero-order chi connectivity index (χ0) is 20.2. The van der Waals surface area contributed by atoms with Crippen molar-refractivity contribution in [3.8, 4) is 11.5 Å². The number of furan rings is 1. The fourth-order valence-corrected chi connectivity index (χ4v) is 3.53. The average Bonchev–Trinajstić information content (AvgIpc) is 3.30. The number of ether oxygens (including phenoxy) is 1. The van der Waals surface area contributed by atoms with Gasteiger partial charge in [-0.25, -0.2) is 4.98 Å². The Balaban J connectivity index is 1.51. The molecule has 0 saturated heterocycles. The number of rotatable bonds is 8. The fourth-order valence-electron chi connectivity index (χ4n) is 3.53. The number of nitrogens with zero attached hydrogens (tertiary/aromatic N) is 1. The lowest BCUT2D eigenvalue weighted by atomic mass is 10.1. The van der Waals surface area contributed by atoms with Crippen molar-refractivity contribution < 1.29 is 13.6 Å². The molecule has 0 saturated carbocycles. The van der Waals surface area contributed by atoms with E-state index in [9.17, 15) is 0 Å². The van der Waals surface area contributed by atoms with Crippen LogP contribution < -0.4 is 0 Å². The number of oxazole rings is 1. The van der Waals surface area contributed by atoms with Crippen LogP contribution in [0.2, 0.25) is 0 Å². The van der Waals surface area contributed by atoms with Gasteiger partial charge in [-0.1, -0.05) is 31.2 Å². The van der Waals surface area contributed by atoms with Gasteiger partial charge < -0.3 is 13.6 Å². The SMILES string of the molecule is CCCOC(C)Cc1ccc2oc(Cc3nc(-c4ccccc4)oc3C)cc2c1. The molecule has 0 aliphatic heterocycles. The first-order valence-corrected chi connectivity index (χ1v) is 10.3. The summed E-state index contributed by atoms with van der Waals surface area (Å²) in [5.74, 6) is 2.37. The molecule has 1 unspecified atom stereocenters. The first-order chi connectivity index (χ1) is 14.1. The smallest absolute Gasteiger partial charge is 0.226 e. The second-order valence-electron chi connectivity index (χ2n) is 7.54. The van der Waals surface area contributed by atoms with E-state index < -0.39 is 0 Å². The highest BCUT2D eigenvalue weighted by Gasteiger charge is 2.14. The highest BCUT2D eigenvalue weighted by atomic mass is 16.5. The molecule has 2 aromatic heterocycles. The number of aromatic nitrogens is 1. The van der Waals surface area contributed by atoms with Gasteiger partial charge in [0.05, 0.1) is 18.2 Å². The van der Waals surface area contributed by atoms with Gasteiger partial charge in [-0.3, -0.25) is 0 Å². The zero-order valence-corrected chi connectivity index (χ0v) is 17.3. The van der Waals surface area contributed by atoms with Crippen molar-refractivity contribution >= 4 is 11.0 Å². The third-order valence-corrected chi connectivity index (χ3v) is 5.02. The maximum Gasteiger partial charge on any atom is 0.226 e. The number of benzene rings is 2. The van der Waals surface area contributed by atoms with Crippen LogP contribution in [0.4, 0.5) is 0 Å². The summed E-state index contributed by atoms with van der Waals surface area (Å²) < 4.78 is 17.7. The summed E-state index contributed by atoms with van der Waals surface area (Å²) >= 11 is 0. The summed E-state index contributed by atoms with van der Waals surface area (Å²) in [6.45, 7) is 7.01. The summed E-state index contributed by atoms with van der Waals surface area (Å²) in [4.78, 5) is 4.69. The summed E-state index contributed by atoms with van der Waals surface area (Å²) in [7, 11) is 0. The van der Waals surface area contributed by atoms with Gasteiger partial charge in [0.2, 0.25) is 5.89 Å². The van der Waals surface area contributed by atoms with Gasteiger partial charge in [-0.15, -0.1) is 0 Å². The maximum absolute atomic E-state index is 6.05. The summed E-state index contributed by atoms with van der Waals surface area (Å²) in [5.41, 5.74) is 4.05. The van der Waals surface area contributed by atoms with Crippen LogP contribution >= 0.6 is 0 Å². The normalized spacial score (nSPS) is 12.5. The Labute approximate surface area is 171 Å². The molecular formula is C25H27NO3. The number of hydrogen-bond donors (Lipinski definition) is 0. The molecule has 0 amide bonds. The second-order valence-corrected chi connectivity index (χ2v) is 7.54.